The molecular formula is C22H24Cl4N2O4S2. The van der Waals surface area contributed by atoms with Crippen molar-refractivity contribution in [1.82, 2.24) is 9.62 Å². The third-order valence-corrected chi connectivity index (χ3v) is 10.2. The number of benzene rings is 1. The molecule has 1 aromatic carbocycles. The van der Waals surface area contributed by atoms with Crippen LogP contribution in [-0.2, 0) is 14.8 Å². The van der Waals surface area contributed by atoms with Gasteiger partial charge in [0.1, 0.15) is 21.1 Å². The van der Waals surface area contributed by atoms with Crippen molar-refractivity contribution < 1.29 is 17.9 Å². The van der Waals surface area contributed by atoms with Crippen molar-refractivity contribution in [3.8, 4) is 5.75 Å². The zero-order valence-corrected chi connectivity index (χ0v) is 22.8. The summed E-state index contributed by atoms with van der Waals surface area (Å²) in [5.41, 5.74) is 0. The molecule has 2 fully saturated rings. The first-order valence-corrected chi connectivity index (χ1v) is 14.8. The molecule has 1 aliphatic carbocycles. The molecule has 186 valence electrons. The Hall–Kier alpha value is -0.740. The second-order valence-electron chi connectivity index (χ2n) is 8.59. The Kier molecular flexibility index (Phi) is 8.61. The van der Waals surface area contributed by atoms with Crippen LogP contribution < -0.4 is 9.46 Å². The van der Waals surface area contributed by atoms with E-state index in [0.717, 1.165) is 55.9 Å². The zero-order valence-electron chi connectivity index (χ0n) is 18.1. The van der Waals surface area contributed by atoms with Crippen LogP contribution in [0.25, 0.3) is 0 Å². The monoisotopic (exact) mass is 584 g/mol. The fourth-order valence-electron chi connectivity index (χ4n) is 4.58. The maximum atomic E-state index is 12.6. The highest BCUT2D eigenvalue weighted by molar-refractivity contribution is 7.90. The first-order valence-electron chi connectivity index (χ1n) is 11.0. The normalized spacial score (nSPS) is 22.5. The number of thiophene rings is 1. The molecule has 6 nitrogen and oxygen atoms in total. The Morgan fingerprint density at radius 1 is 0.971 bits per heavy atom. The molecule has 1 amide bonds. The first-order chi connectivity index (χ1) is 16.1. The van der Waals surface area contributed by atoms with Crippen molar-refractivity contribution in [2.75, 3.05) is 13.1 Å². The van der Waals surface area contributed by atoms with E-state index in [-0.39, 0.29) is 25.6 Å². The fourth-order valence-corrected chi connectivity index (χ4v) is 8.07. The van der Waals surface area contributed by atoms with Gasteiger partial charge in [-0.3, -0.25) is 4.79 Å². The summed E-state index contributed by atoms with van der Waals surface area (Å²) in [4.78, 5) is 14.9. The van der Waals surface area contributed by atoms with E-state index in [1.165, 1.54) is 6.07 Å². The molecule has 1 N–H and O–H groups in total. The molecule has 4 rings (SSSR count). The summed E-state index contributed by atoms with van der Waals surface area (Å²) >= 11 is 24.8. The summed E-state index contributed by atoms with van der Waals surface area (Å²) in [6.45, 7) is 1.83. The van der Waals surface area contributed by atoms with E-state index in [0.29, 0.717) is 28.9 Å². The van der Waals surface area contributed by atoms with Gasteiger partial charge in [0.05, 0.1) is 14.4 Å². The average molecular weight is 586 g/mol. The maximum absolute atomic E-state index is 12.6. The van der Waals surface area contributed by atoms with Gasteiger partial charge in [-0.05, 0) is 56.7 Å². The number of carbonyl (C=O) groups excluding carboxylic acids is 1. The molecule has 1 aromatic heterocycles. The number of nitrogens with one attached hydrogen (secondary N) is 1. The molecule has 1 aliphatic heterocycles. The van der Waals surface area contributed by atoms with Crippen LogP contribution in [0.5, 0.6) is 5.75 Å². The van der Waals surface area contributed by atoms with E-state index in [2.05, 4.69) is 9.62 Å². The highest BCUT2D eigenvalue weighted by atomic mass is 35.5. The zero-order chi connectivity index (χ0) is 24.5. The molecule has 0 bridgehead atoms. The van der Waals surface area contributed by atoms with E-state index < -0.39 is 15.9 Å². The molecule has 12 heteroatoms. The number of rotatable bonds is 6. The van der Waals surface area contributed by atoms with E-state index in [4.69, 9.17) is 51.1 Å². The van der Waals surface area contributed by atoms with Crippen molar-refractivity contribution in [2.45, 2.75) is 55.6 Å². The molecule has 0 atom stereocenters. The van der Waals surface area contributed by atoms with Crippen molar-refractivity contribution in [2.24, 2.45) is 5.92 Å². The molecule has 0 spiro atoms. The second kappa shape index (κ2) is 11.1. The van der Waals surface area contributed by atoms with E-state index in [1.807, 2.05) is 6.07 Å². The molecule has 1 saturated carbocycles. The lowest BCUT2D eigenvalue weighted by atomic mass is 9.84. The number of hydrogen-bond acceptors (Lipinski definition) is 6. The van der Waals surface area contributed by atoms with Gasteiger partial charge in [-0.25, -0.2) is 13.1 Å². The van der Waals surface area contributed by atoms with Crippen LogP contribution in [0.3, 0.4) is 0 Å². The summed E-state index contributed by atoms with van der Waals surface area (Å²) < 4.78 is 33.6. The summed E-state index contributed by atoms with van der Waals surface area (Å²) in [6.07, 6.45) is 4.92. The number of amides is 1. The molecule has 2 heterocycles. The maximum Gasteiger partial charge on any atom is 0.266 e. The van der Waals surface area contributed by atoms with Crippen LogP contribution in [0.4, 0.5) is 0 Å². The standard InChI is InChI=1S/C22H24Cl4N2O4S2/c23-17-6-5-16(11-18(17)24)32-15-7-9-28(10-8-15)14-3-1-13(2-4-14)22(29)27-34(30,31)19-12-20(25)33-21(19)26/h5-6,11-15H,1-4,7-10H2,(H,27,29)/t13-,14-. The third-order valence-electron chi connectivity index (χ3n) is 6.40. The number of halogens is 4. The van der Waals surface area contributed by atoms with Gasteiger partial charge in [-0.1, -0.05) is 46.4 Å². The summed E-state index contributed by atoms with van der Waals surface area (Å²) in [7, 11) is -4.04. The van der Waals surface area contributed by atoms with Crippen LogP contribution in [-0.4, -0.2) is 44.5 Å². The minimum Gasteiger partial charge on any atom is -0.490 e. The van der Waals surface area contributed by atoms with Gasteiger partial charge in [0.25, 0.3) is 10.0 Å². The molecule has 34 heavy (non-hydrogen) atoms. The quantitative estimate of drug-likeness (QED) is 0.432. The number of hydrogen-bond donors (Lipinski definition) is 1. The molecule has 2 aliphatic rings. The predicted octanol–water partition coefficient (Wildman–Crippen LogP) is 6.27. The number of carbonyl (C=O) groups is 1. The predicted molar refractivity (Wildman–Crippen MR) is 137 cm³/mol. The van der Waals surface area contributed by atoms with Crippen molar-refractivity contribution in [3.05, 3.63) is 43.0 Å². The number of ether oxygens (including phenoxy) is 1. The highest BCUT2D eigenvalue weighted by Gasteiger charge is 2.34. The van der Waals surface area contributed by atoms with Gasteiger partial charge >= 0.3 is 0 Å². The Morgan fingerprint density at radius 2 is 1.65 bits per heavy atom. The van der Waals surface area contributed by atoms with Crippen LogP contribution >= 0.6 is 57.7 Å². The Morgan fingerprint density at radius 3 is 2.24 bits per heavy atom. The van der Waals surface area contributed by atoms with Crippen molar-refractivity contribution in [3.63, 3.8) is 0 Å². The molecule has 2 aromatic rings. The highest BCUT2D eigenvalue weighted by Crippen LogP contribution is 2.35. The van der Waals surface area contributed by atoms with E-state index >= 15 is 0 Å². The van der Waals surface area contributed by atoms with Crippen LogP contribution in [0.2, 0.25) is 18.7 Å². The fraction of sp³-hybridized carbons (Fsp3) is 0.500. The topological polar surface area (TPSA) is 75.7 Å². The number of sulfonamides is 1. The molecule has 0 radical (unpaired) electrons. The number of likely N-dealkylation sites (tertiary alicyclic amines) is 1. The lowest BCUT2D eigenvalue weighted by Gasteiger charge is -2.40. The molecular weight excluding hydrogens is 562 g/mol. The average Bonchev–Trinajstić information content (AvgIpc) is 3.15. The Bertz CT molecular complexity index is 1140. The van der Waals surface area contributed by atoms with Gasteiger partial charge in [-0.15, -0.1) is 11.3 Å². The molecule has 0 unspecified atom stereocenters. The third kappa shape index (κ3) is 6.33. The lowest BCUT2D eigenvalue weighted by molar-refractivity contribution is -0.124. The van der Waals surface area contributed by atoms with Gasteiger partial charge in [-0.2, -0.15) is 0 Å². The van der Waals surface area contributed by atoms with E-state index in [9.17, 15) is 13.2 Å². The van der Waals surface area contributed by atoms with Gasteiger partial charge < -0.3 is 9.64 Å². The smallest absolute Gasteiger partial charge is 0.266 e. The first kappa shape index (κ1) is 26.3. The summed E-state index contributed by atoms with van der Waals surface area (Å²) in [5, 5.41) is 0.984. The minimum absolute atomic E-state index is 0.0422. The van der Waals surface area contributed by atoms with Gasteiger partial charge in [0.15, 0.2) is 0 Å². The van der Waals surface area contributed by atoms with Gasteiger partial charge in [0, 0.05) is 31.1 Å². The van der Waals surface area contributed by atoms with Crippen molar-refractivity contribution >= 4 is 73.7 Å². The Labute approximate surface area is 223 Å². The second-order valence-corrected chi connectivity index (χ2v) is 13.3. The SMILES string of the molecule is O=C(NS(=O)(=O)c1cc(Cl)sc1Cl)[C@H]1CC[C@H](N2CCC(Oc3ccc(Cl)c(Cl)c3)CC2)CC1. The summed E-state index contributed by atoms with van der Waals surface area (Å²) in [6, 6.07) is 6.95. The van der Waals surface area contributed by atoms with Crippen LogP contribution in [0, 0.1) is 5.92 Å². The summed E-state index contributed by atoms with van der Waals surface area (Å²) in [5.74, 6) is -0.0969. The van der Waals surface area contributed by atoms with Crippen molar-refractivity contribution in [1.29, 1.82) is 0 Å². The molecule has 1 saturated heterocycles. The Balaban J connectivity index is 1.23. The van der Waals surface area contributed by atoms with Gasteiger partial charge in [0.2, 0.25) is 5.91 Å². The van der Waals surface area contributed by atoms with E-state index in [1.54, 1.807) is 12.1 Å². The minimum atomic E-state index is -4.04. The van der Waals surface area contributed by atoms with Crippen LogP contribution in [0.15, 0.2) is 29.2 Å². The number of nitrogens with zero attached hydrogens (tertiary/aromatic N) is 1. The van der Waals surface area contributed by atoms with Crippen LogP contribution in [0.1, 0.15) is 38.5 Å². The lowest BCUT2D eigenvalue weighted by Crippen LogP contribution is -2.46. The number of piperidine rings is 1. The largest absolute Gasteiger partial charge is 0.490 e.